The van der Waals surface area contributed by atoms with Crippen LogP contribution in [0, 0.1) is 5.41 Å². The summed E-state index contributed by atoms with van der Waals surface area (Å²) in [6.07, 6.45) is 2.42. The molecule has 1 aliphatic carbocycles. The zero-order valence-electron chi connectivity index (χ0n) is 9.84. The fourth-order valence-electron chi connectivity index (χ4n) is 2.09. The van der Waals surface area contributed by atoms with E-state index in [1.807, 2.05) is 44.2 Å². The monoisotopic (exact) mass is 268 g/mol. The minimum Gasteiger partial charge on any atom is -0.299 e. The van der Waals surface area contributed by atoms with Crippen molar-refractivity contribution < 1.29 is 4.79 Å². The van der Waals surface area contributed by atoms with Crippen molar-refractivity contribution in [2.45, 2.75) is 25.6 Å². The van der Waals surface area contributed by atoms with Gasteiger partial charge >= 0.3 is 0 Å². The van der Waals surface area contributed by atoms with E-state index >= 15 is 0 Å². The maximum atomic E-state index is 11.8. The van der Waals surface area contributed by atoms with Gasteiger partial charge in [0.15, 0.2) is 0 Å². The van der Waals surface area contributed by atoms with Crippen molar-refractivity contribution in [2.24, 2.45) is 5.41 Å². The Hall–Kier alpha value is -0.790. The summed E-state index contributed by atoms with van der Waals surface area (Å²) in [5.41, 5.74) is 1.57. The SMILES string of the molecule is CC1(C)C(=O)CC(Cl)C1=Cc1ccc(Cl)cc1. The molecule has 0 bridgehead atoms. The average molecular weight is 269 g/mol. The molecule has 1 aromatic rings. The smallest absolute Gasteiger partial charge is 0.144 e. The lowest BCUT2D eigenvalue weighted by Crippen LogP contribution is -2.18. The molecular weight excluding hydrogens is 255 g/mol. The molecule has 0 amide bonds. The second-order valence-corrected chi connectivity index (χ2v) is 5.83. The number of carbonyl (C=O) groups is 1. The van der Waals surface area contributed by atoms with E-state index in [9.17, 15) is 4.79 Å². The zero-order valence-corrected chi connectivity index (χ0v) is 11.3. The standard InChI is InChI=1S/C14H14Cl2O/c1-14(2)11(12(16)8-13(14)17)7-9-3-5-10(15)6-4-9/h3-7,12H,8H2,1-2H3. The van der Waals surface area contributed by atoms with Crippen molar-refractivity contribution in [2.75, 3.05) is 0 Å². The molecule has 0 N–H and O–H groups in total. The highest BCUT2D eigenvalue weighted by molar-refractivity contribution is 6.30. The van der Waals surface area contributed by atoms with Crippen LogP contribution in [0.5, 0.6) is 0 Å². The molecule has 1 aliphatic rings. The van der Waals surface area contributed by atoms with Crippen LogP contribution in [0.25, 0.3) is 6.08 Å². The number of halogens is 2. The predicted octanol–water partition coefficient (Wildman–Crippen LogP) is 4.33. The van der Waals surface area contributed by atoms with E-state index in [0.717, 1.165) is 11.1 Å². The van der Waals surface area contributed by atoms with Gasteiger partial charge in [-0.1, -0.05) is 29.8 Å². The van der Waals surface area contributed by atoms with Crippen LogP contribution in [0.2, 0.25) is 5.02 Å². The van der Waals surface area contributed by atoms with Gasteiger partial charge in [-0.15, -0.1) is 11.6 Å². The van der Waals surface area contributed by atoms with Crippen molar-refractivity contribution in [3.05, 3.63) is 40.4 Å². The van der Waals surface area contributed by atoms with Crippen molar-refractivity contribution in [3.63, 3.8) is 0 Å². The normalized spacial score (nSPS) is 25.5. The Labute approximate surface area is 111 Å². The first-order valence-corrected chi connectivity index (χ1v) is 6.37. The van der Waals surface area contributed by atoms with Gasteiger partial charge in [-0.25, -0.2) is 0 Å². The van der Waals surface area contributed by atoms with E-state index in [4.69, 9.17) is 23.2 Å². The summed E-state index contributed by atoms with van der Waals surface area (Å²) in [5.74, 6) is 0.206. The molecule has 1 fully saturated rings. The molecule has 1 saturated carbocycles. The van der Waals surface area contributed by atoms with Gasteiger partial charge in [0.2, 0.25) is 0 Å². The molecule has 0 radical (unpaired) electrons. The molecule has 90 valence electrons. The molecule has 17 heavy (non-hydrogen) atoms. The van der Waals surface area contributed by atoms with Gasteiger partial charge in [0.05, 0.1) is 5.38 Å². The van der Waals surface area contributed by atoms with E-state index in [1.165, 1.54) is 0 Å². The first kappa shape index (κ1) is 12.7. The molecule has 0 saturated heterocycles. The Kier molecular flexibility index (Phi) is 3.33. The zero-order chi connectivity index (χ0) is 12.6. The summed E-state index contributed by atoms with van der Waals surface area (Å²) < 4.78 is 0. The number of alkyl halides is 1. The topological polar surface area (TPSA) is 17.1 Å². The minimum absolute atomic E-state index is 0.187. The summed E-state index contributed by atoms with van der Waals surface area (Å²) in [7, 11) is 0. The van der Waals surface area contributed by atoms with E-state index in [-0.39, 0.29) is 11.2 Å². The van der Waals surface area contributed by atoms with Gasteiger partial charge in [0, 0.05) is 16.9 Å². The molecule has 0 aromatic heterocycles. The molecule has 1 nitrogen and oxygen atoms in total. The fraction of sp³-hybridized carbons (Fsp3) is 0.357. The highest BCUT2D eigenvalue weighted by Crippen LogP contribution is 2.43. The van der Waals surface area contributed by atoms with Gasteiger partial charge < -0.3 is 0 Å². The lowest BCUT2D eigenvalue weighted by molar-refractivity contribution is -0.123. The van der Waals surface area contributed by atoms with Gasteiger partial charge in [0.25, 0.3) is 0 Å². The maximum Gasteiger partial charge on any atom is 0.144 e. The summed E-state index contributed by atoms with van der Waals surface area (Å²) in [6, 6.07) is 7.53. The first-order valence-electron chi connectivity index (χ1n) is 5.56. The first-order chi connectivity index (χ1) is 7.91. The third kappa shape index (κ3) is 2.41. The molecule has 1 unspecified atom stereocenters. The molecule has 3 heteroatoms. The number of rotatable bonds is 1. The highest BCUT2D eigenvalue weighted by atomic mass is 35.5. The highest BCUT2D eigenvalue weighted by Gasteiger charge is 2.42. The predicted molar refractivity (Wildman–Crippen MR) is 72.5 cm³/mol. The van der Waals surface area contributed by atoms with Crippen LogP contribution in [-0.2, 0) is 4.79 Å². The largest absolute Gasteiger partial charge is 0.299 e. The molecule has 0 aliphatic heterocycles. The van der Waals surface area contributed by atoms with Crippen LogP contribution in [-0.4, -0.2) is 11.2 Å². The second kappa shape index (κ2) is 4.47. The van der Waals surface area contributed by atoms with E-state index in [2.05, 4.69) is 0 Å². The number of allylic oxidation sites excluding steroid dienone is 1. The lowest BCUT2D eigenvalue weighted by Gasteiger charge is -2.19. The minimum atomic E-state index is -0.452. The number of hydrogen-bond donors (Lipinski definition) is 0. The number of ketones is 1. The van der Waals surface area contributed by atoms with Crippen LogP contribution >= 0.6 is 23.2 Å². The van der Waals surface area contributed by atoms with E-state index < -0.39 is 5.41 Å². The Morgan fingerprint density at radius 3 is 2.35 bits per heavy atom. The fourth-order valence-corrected chi connectivity index (χ4v) is 2.69. The second-order valence-electron chi connectivity index (χ2n) is 4.87. The molecule has 1 atom stereocenters. The van der Waals surface area contributed by atoms with Crippen molar-refractivity contribution in [3.8, 4) is 0 Å². The van der Waals surface area contributed by atoms with Gasteiger partial charge in [-0.05, 0) is 37.1 Å². The van der Waals surface area contributed by atoms with E-state index in [1.54, 1.807) is 0 Å². The molecule has 2 rings (SSSR count). The lowest BCUT2D eigenvalue weighted by atomic mass is 9.85. The van der Waals surface area contributed by atoms with Crippen LogP contribution in [0.15, 0.2) is 29.8 Å². The Morgan fingerprint density at radius 1 is 1.29 bits per heavy atom. The Balaban J connectivity index is 2.39. The molecular formula is C14H14Cl2O. The van der Waals surface area contributed by atoms with Gasteiger partial charge in [-0.2, -0.15) is 0 Å². The summed E-state index contributed by atoms with van der Waals surface area (Å²) in [6.45, 7) is 3.86. The Bertz CT molecular complexity index is 472. The molecule has 1 aromatic carbocycles. The van der Waals surface area contributed by atoms with Crippen molar-refractivity contribution in [1.29, 1.82) is 0 Å². The quantitative estimate of drug-likeness (QED) is 0.693. The third-order valence-electron chi connectivity index (χ3n) is 3.31. The summed E-state index contributed by atoms with van der Waals surface area (Å²) >= 11 is 12.1. The van der Waals surface area contributed by atoms with Gasteiger partial charge in [0.1, 0.15) is 5.78 Å². The number of Topliss-reactive ketones (excluding diaryl/α,β-unsaturated/α-hetero) is 1. The number of benzene rings is 1. The summed E-state index contributed by atoms with van der Waals surface area (Å²) in [4.78, 5) is 11.8. The third-order valence-corrected chi connectivity index (χ3v) is 3.95. The van der Waals surface area contributed by atoms with Crippen LogP contribution in [0.1, 0.15) is 25.8 Å². The molecule has 0 heterocycles. The van der Waals surface area contributed by atoms with Crippen LogP contribution in [0.4, 0.5) is 0 Å². The van der Waals surface area contributed by atoms with Crippen LogP contribution < -0.4 is 0 Å². The number of hydrogen-bond acceptors (Lipinski definition) is 1. The van der Waals surface area contributed by atoms with Gasteiger partial charge in [-0.3, -0.25) is 4.79 Å². The summed E-state index contributed by atoms with van der Waals surface area (Å²) in [5, 5.41) is 0.518. The van der Waals surface area contributed by atoms with Crippen molar-refractivity contribution >= 4 is 35.1 Å². The molecule has 0 spiro atoms. The van der Waals surface area contributed by atoms with Crippen molar-refractivity contribution in [1.82, 2.24) is 0 Å². The van der Waals surface area contributed by atoms with Crippen LogP contribution in [0.3, 0.4) is 0 Å². The van der Waals surface area contributed by atoms with E-state index in [0.29, 0.717) is 11.4 Å². The number of carbonyl (C=O) groups excluding carboxylic acids is 1. The Morgan fingerprint density at radius 2 is 1.88 bits per heavy atom. The maximum absolute atomic E-state index is 11.8. The average Bonchev–Trinajstić information content (AvgIpc) is 2.44.